The van der Waals surface area contributed by atoms with Gasteiger partial charge in [0, 0.05) is 5.88 Å². The van der Waals surface area contributed by atoms with Crippen LogP contribution < -0.4 is 0 Å². The molecule has 1 aromatic rings. The van der Waals surface area contributed by atoms with Crippen molar-refractivity contribution in [3.8, 4) is 0 Å². The van der Waals surface area contributed by atoms with Gasteiger partial charge in [-0.1, -0.05) is 12.1 Å². The SMILES string of the molecule is CS(C)(C)c1ccc(CCl)cc1. The number of hydrogen-bond donors (Lipinski definition) is 0. The molecule has 0 aliphatic heterocycles. The molecule has 0 aromatic heterocycles. The van der Waals surface area contributed by atoms with Crippen molar-refractivity contribution in [3.05, 3.63) is 29.8 Å². The first-order valence-electron chi connectivity index (χ1n) is 3.87. The van der Waals surface area contributed by atoms with Crippen LogP contribution in [0.5, 0.6) is 0 Å². The van der Waals surface area contributed by atoms with Crippen LogP contribution in [-0.4, -0.2) is 18.8 Å². The van der Waals surface area contributed by atoms with Gasteiger partial charge in [-0.3, -0.25) is 0 Å². The molecule has 68 valence electrons. The molecular formula is C10H15ClS. The second-order valence-corrected chi connectivity index (χ2v) is 8.03. The first kappa shape index (κ1) is 9.94. The van der Waals surface area contributed by atoms with Crippen LogP contribution in [0.3, 0.4) is 0 Å². The van der Waals surface area contributed by atoms with Crippen molar-refractivity contribution in [2.45, 2.75) is 10.8 Å². The van der Waals surface area contributed by atoms with Gasteiger partial charge in [-0.05, 0) is 41.4 Å². The predicted molar refractivity (Wildman–Crippen MR) is 59.6 cm³/mol. The quantitative estimate of drug-likeness (QED) is 0.645. The lowest BCUT2D eigenvalue weighted by molar-refractivity contribution is 1.33. The van der Waals surface area contributed by atoms with Crippen molar-refractivity contribution in [1.82, 2.24) is 0 Å². The molecule has 0 amide bonds. The highest BCUT2D eigenvalue weighted by atomic mass is 35.5. The van der Waals surface area contributed by atoms with Crippen LogP contribution in [-0.2, 0) is 5.88 Å². The fraction of sp³-hybridized carbons (Fsp3) is 0.400. The van der Waals surface area contributed by atoms with E-state index in [1.807, 2.05) is 0 Å². The molecule has 0 radical (unpaired) electrons. The van der Waals surface area contributed by atoms with E-state index in [-0.39, 0.29) is 0 Å². The summed E-state index contributed by atoms with van der Waals surface area (Å²) in [7, 11) is -0.571. The van der Waals surface area contributed by atoms with Gasteiger partial charge >= 0.3 is 0 Å². The summed E-state index contributed by atoms with van der Waals surface area (Å²) in [6.07, 6.45) is 6.88. The Labute approximate surface area is 81.3 Å². The van der Waals surface area contributed by atoms with Crippen LogP contribution in [0.4, 0.5) is 0 Å². The first-order chi connectivity index (χ1) is 5.54. The average molecular weight is 203 g/mol. The summed E-state index contributed by atoms with van der Waals surface area (Å²) >= 11 is 5.70. The van der Waals surface area contributed by atoms with Crippen molar-refractivity contribution in [2.75, 3.05) is 18.8 Å². The van der Waals surface area contributed by atoms with E-state index in [1.165, 1.54) is 10.5 Å². The maximum atomic E-state index is 5.70. The maximum absolute atomic E-state index is 5.70. The predicted octanol–water partition coefficient (Wildman–Crippen LogP) is 3.48. The summed E-state index contributed by atoms with van der Waals surface area (Å²) in [5.41, 5.74) is 1.20. The van der Waals surface area contributed by atoms with Crippen LogP contribution in [0.1, 0.15) is 5.56 Å². The summed E-state index contributed by atoms with van der Waals surface area (Å²) in [5, 5.41) is 0. The summed E-state index contributed by atoms with van der Waals surface area (Å²) < 4.78 is 0. The molecule has 0 N–H and O–H groups in total. The van der Waals surface area contributed by atoms with E-state index >= 15 is 0 Å². The summed E-state index contributed by atoms with van der Waals surface area (Å²) in [5.74, 6) is 0.611. The van der Waals surface area contributed by atoms with Crippen molar-refractivity contribution in [2.24, 2.45) is 0 Å². The molecule has 0 unspecified atom stereocenters. The highest BCUT2D eigenvalue weighted by Crippen LogP contribution is 2.44. The number of rotatable bonds is 2. The van der Waals surface area contributed by atoms with Gasteiger partial charge in [0.1, 0.15) is 0 Å². The summed E-state index contributed by atoms with van der Waals surface area (Å²) in [6.45, 7) is 0. The van der Waals surface area contributed by atoms with E-state index in [2.05, 4.69) is 43.0 Å². The van der Waals surface area contributed by atoms with Crippen LogP contribution >= 0.6 is 21.6 Å². The highest BCUT2D eigenvalue weighted by molar-refractivity contribution is 8.32. The molecule has 2 heteroatoms. The zero-order chi connectivity index (χ0) is 9.19. The summed E-state index contributed by atoms with van der Waals surface area (Å²) in [4.78, 5) is 1.44. The molecule has 0 saturated heterocycles. The van der Waals surface area contributed by atoms with Crippen LogP contribution in [0.25, 0.3) is 0 Å². The van der Waals surface area contributed by atoms with Gasteiger partial charge in [0.25, 0.3) is 0 Å². The fourth-order valence-electron chi connectivity index (χ4n) is 0.987. The third-order valence-electron chi connectivity index (χ3n) is 1.78. The van der Waals surface area contributed by atoms with E-state index in [9.17, 15) is 0 Å². The van der Waals surface area contributed by atoms with Gasteiger partial charge in [-0.2, -0.15) is 0 Å². The van der Waals surface area contributed by atoms with Crippen molar-refractivity contribution >= 4 is 21.6 Å². The molecule has 0 aliphatic carbocycles. The molecular weight excluding hydrogens is 188 g/mol. The monoisotopic (exact) mass is 202 g/mol. The Balaban J connectivity index is 2.93. The first-order valence-corrected chi connectivity index (χ1v) is 7.26. The minimum atomic E-state index is -0.571. The van der Waals surface area contributed by atoms with Gasteiger partial charge in [0.15, 0.2) is 0 Å². The van der Waals surface area contributed by atoms with E-state index in [4.69, 9.17) is 11.6 Å². The van der Waals surface area contributed by atoms with E-state index in [1.54, 1.807) is 0 Å². The van der Waals surface area contributed by atoms with Crippen molar-refractivity contribution in [1.29, 1.82) is 0 Å². The number of halogens is 1. The minimum absolute atomic E-state index is 0.571. The van der Waals surface area contributed by atoms with Crippen molar-refractivity contribution < 1.29 is 0 Å². The molecule has 0 aliphatic rings. The molecule has 12 heavy (non-hydrogen) atoms. The zero-order valence-corrected chi connectivity index (χ0v) is 9.38. The number of hydrogen-bond acceptors (Lipinski definition) is 0. The Morgan fingerprint density at radius 1 is 1.08 bits per heavy atom. The smallest absolute Gasteiger partial charge is 0.0474 e. The van der Waals surface area contributed by atoms with E-state index in [0.29, 0.717) is 5.88 Å². The van der Waals surface area contributed by atoms with Gasteiger partial charge < -0.3 is 0 Å². The third-order valence-corrected chi connectivity index (χ3v) is 3.78. The lowest BCUT2D eigenvalue weighted by Crippen LogP contribution is -1.92. The summed E-state index contributed by atoms with van der Waals surface area (Å²) in [6, 6.07) is 8.60. The molecule has 0 heterocycles. The Morgan fingerprint density at radius 2 is 1.58 bits per heavy atom. The molecule has 1 rings (SSSR count). The molecule has 1 aromatic carbocycles. The molecule has 0 bridgehead atoms. The fourth-order valence-corrected chi connectivity index (χ4v) is 2.12. The largest absolute Gasteiger partial charge is 0.223 e. The second-order valence-electron chi connectivity index (χ2n) is 3.61. The second kappa shape index (κ2) is 3.71. The van der Waals surface area contributed by atoms with E-state index < -0.39 is 10.0 Å². The standard InChI is InChI=1S/C10H15ClS/c1-12(2,3)10-6-4-9(8-11)5-7-10/h4-7H,8H2,1-3H3. The van der Waals surface area contributed by atoms with Gasteiger partial charge in [0.05, 0.1) is 0 Å². The number of alkyl halides is 1. The topological polar surface area (TPSA) is 0 Å². The Bertz CT molecular complexity index is 246. The molecule has 0 fully saturated rings. The van der Waals surface area contributed by atoms with Gasteiger partial charge in [0.2, 0.25) is 0 Å². The Kier molecular flexibility index (Phi) is 3.08. The van der Waals surface area contributed by atoms with Crippen LogP contribution in [0.2, 0.25) is 0 Å². The normalized spacial score (nSPS) is 13.0. The minimum Gasteiger partial charge on any atom is -0.223 e. The van der Waals surface area contributed by atoms with Gasteiger partial charge in [-0.25, -0.2) is 10.0 Å². The molecule has 0 spiro atoms. The highest BCUT2D eigenvalue weighted by Gasteiger charge is 2.06. The van der Waals surface area contributed by atoms with Crippen molar-refractivity contribution in [3.63, 3.8) is 0 Å². The van der Waals surface area contributed by atoms with E-state index in [0.717, 1.165) is 0 Å². The number of benzene rings is 1. The maximum Gasteiger partial charge on any atom is 0.0474 e. The Hall–Kier alpha value is -0.140. The lowest BCUT2D eigenvalue weighted by atomic mass is 10.2. The van der Waals surface area contributed by atoms with Crippen LogP contribution in [0, 0.1) is 0 Å². The third kappa shape index (κ3) is 2.43. The van der Waals surface area contributed by atoms with Crippen LogP contribution in [0.15, 0.2) is 29.2 Å². The Morgan fingerprint density at radius 3 is 1.92 bits per heavy atom. The molecule has 0 saturated carbocycles. The molecule has 0 nitrogen and oxygen atoms in total. The average Bonchev–Trinajstić information content (AvgIpc) is 2.03. The lowest BCUT2D eigenvalue weighted by Gasteiger charge is -2.25. The zero-order valence-electron chi connectivity index (χ0n) is 7.80. The molecule has 0 atom stereocenters. The van der Waals surface area contributed by atoms with Gasteiger partial charge in [-0.15, -0.1) is 11.6 Å².